The molecule has 0 saturated carbocycles. The lowest BCUT2D eigenvalue weighted by Crippen LogP contribution is -2.45. The van der Waals surface area contributed by atoms with Crippen LogP contribution in [0.3, 0.4) is 0 Å². The lowest BCUT2D eigenvalue weighted by Gasteiger charge is -2.19. The van der Waals surface area contributed by atoms with E-state index in [1.807, 2.05) is 0 Å². The van der Waals surface area contributed by atoms with Gasteiger partial charge in [0.25, 0.3) is 5.91 Å². The summed E-state index contributed by atoms with van der Waals surface area (Å²) in [4.78, 5) is 23.7. The monoisotopic (exact) mass is 323 g/mol. The summed E-state index contributed by atoms with van der Waals surface area (Å²) in [5.41, 5.74) is -0.491. The van der Waals surface area contributed by atoms with Gasteiger partial charge in [0.05, 0.1) is 5.56 Å². The number of methoxy groups -OCH3 is 1. The molecule has 0 spiro atoms. The number of nitrogens with one attached hydrogen (secondary N) is 3. The van der Waals surface area contributed by atoms with Crippen molar-refractivity contribution >= 4 is 18.0 Å². The van der Waals surface area contributed by atoms with Crippen molar-refractivity contribution < 1.29 is 23.8 Å². The summed E-state index contributed by atoms with van der Waals surface area (Å²) >= 11 is 0. The molecular formula is C15H21N3O5. The SMILES string of the molecule is COCOc1ccccc1C(=O)NC(=N)NC(=O)OC(C)(C)C. The van der Waals surface area contributed by atoms with E-state index in [2.05, 4.69) is 10.6 Å². The Morgan fingerprint density at radius 2 is 1.83 bits per heavy atom. The molecule has 0 aliphatic heterocycles. The average Bonchev–Trinajstić information content (AvgIpc) is 2.42. The zero-order valence-corrected chi connectivity index (χ0v) is 13.6. The van der Waals surface area contributed by atoms with Crippen molar-refractivity contribution in [2.75, 3.05) is 13.9 Å². The topological polar surface area (TPSA) is 110 Å². The van der Waals surface area contributed by atoms with Crippen LogP contribution in [0.1, 0.15) is 31.1 Å². The molecule has 0 aromatic heterocycles. The molecule has 0 atom stereocenters. The highest BCUT2D eigenvalue weighted by atomic mass is 16.7. The van der Waals surface area contributed by atoms with Gasteiger partial charge < -0.3 is 14.2 Å². The van der Waals surface area contributed by atoms with Crippen LogP contribution in [-0.4, -0.2) is 37.5 Å². The zero-order valence-electron chi connectivity index (χ0n) is 13.6. The Balaban J connectivity index is 2.65. The minimum atomic E-state index is -0.827. The van der Waals surface area contributed by atoms with E-state index in [0.29, 0.717) is 5.75 Å². The van der Waals surface area contributed by atoms with Crippen LogP contribution in [0.4, 0.5) is 4.79 Å². The Hall–Kier alpha value is -2.61. The molecule has 8 nitrogen and oxygen atoms in total. The van der Waals surface area contributed by atoms with Crippen LogP contribution in [0.25, 0.3) is 0 Å². The first-order chi connectivity index (χ1) is 10.7. The summed E-state index contributed by atoms with van der Waals surface area (Å²) in [7, 11) is 1.46. The molecule has 1 rings (SSSR count). The molecule has 0 heterocycles. The van der Waals surface area contributed by atoms with E-state index in [0.717, 1.165) is 0 Å². The molecule has 1 aromatic carbocycles. The van der Waals surface area contributed by atoms with Gasteiger partial charge in [0.1, 0.15) is 11.4 Å². The quantitative estimate of drug-likeness (QED) is 0.445. The van der Waals surface area contributed by atoms with E-state index in [-0.39, 0.29) is 12.4 Å². The molecule has 8 heteroatoms. The number of carbonyl (C=O) groups is 2. The molecule has 0 unspecified atom stereocenters. The predicted molar refractivity (Wildman–Crippen MR) is 83.5 cm³/mol. The second-order valence-corrected chi connectivity index (χ2v) is 5.50. The van der Waals surface area contributed by atoms with Crippen molar-refractivity contribution in [1.29, 1.82) is 5.41 Å². The minimum Gasteiger partial charge on any atom is -0.467 e. The van der Waals surface area contributed by atoms with Gasteiger partial charge in [0.15, 0.2) is 6.79 Å². The Morgan fingerprint density at radius 3 is 2.43 bits per heavy atom. The molecule has 0 fully saturated rings. The molecular weight excluding hydrogens is 302 g/mol. The Bertz CT molecular complexity index is 581. The van der Waals surface area contributed by atoms with Crippen molar-refractivity contribution in [1.82, 2.24) is 10.6 Å². The summed E-state index contributed by atoms with van der Waals surface area (Å²) < 4.78 is 15.1. The van der Waals surface area contributed by atoms with E-state index >= 15 is 0 Å². The first-order valence-corrected chi connectivity index (χ1v) is 6.83. The van der Waals surface area contributed by atoms with Gasteiger partial charge in [0.2, 0.25) is 5.96 Å². The van der Waals surface area contributed by atoms with Crippen molar-refractivity contribution in [2.45, 2.75) is 26.4 Å². The highest BCUT2D eigenvalue weighted by Gasteiger charge is 2.19. The van der Waals surface area contributed by atoms with Crippen LogP contribution in [0.5, 0.6) is 5.75 Å². The fraction of sp³-hybridized carbons (Fsp3) is 0.400. The number of benzene rings is 1. The lowest BCUT2D eigenvalue weighted by atomic mass is 10.2. The molecule has 0 radical (unpaired) electrons. The third-order valence-corrected chi connectivity index (χ3v) is 2.33. The molecule has 0 saturated heterocycles. The summed E-state index contributed by atoms with van der Waals surface area (Å²) in [6.07, 6.45) is -0.827. The molecule has 23 heavy (non-hydrogen) atoms. The second kappa shape index (κ2) is 8.14. The normalized spacial score (nSPS) is 10.6. The maximum Gasteiger partial charge on any atom is 0.414 e. The van der Waals surface area contributed by atoms with Gasteiger partial charge in [0, 0.05) is 7.11 Å². The molecule has 0 aliphatic carbocycles. The number of rotatable bonds is 4. The molecule has 126 valence electrons. The van der Waals surface area contributed by atoms with Gasteiger partial charge in [-0.25, -0.2) is 4.79 Å². The molecule has 0 aliphatic rings. The maximum absolute atomic E-state index is 12.1. The second-order valence-electron chi connectivity index (χ2n) is 5.50. The summed E-state index contributed by atoms with van der Waals surface area (Å²) in [5, 5.41) is 12.0. The van der Waals surface area contributed by atoms with Gasteiger partial charge in [-0.2, -0.15) is 0 Å². The summed E-state index contributed by atoms with van der Waals surface area (Å²) in [5.74, 6) is -0.791. The van der Waals surface area contributed by atoms with Crippen LogP contribution in [0.2, 0.25) is 0 Å². The Morgan fingerprint density at radius 1 is 1.17 bits per heavy atom. The van der Waals surface area contributed by atoms with E-state index in [1.165, 1.54) is 13.2 Å². The van der Waals surface area contributed by atoms with Gasteiger partial charge in [-0.15, -0.1) is 0 Å². The van der Waals surface area contributed by atoms with Gasteiger partial charge in [-0.05, 0) is 32.9 Å². The number of amides is 2. The maximum atomic E-state index is 12.1. The van der Waals surface area contributed by atoms with Crippen molar-refractivity contribution in [3.8, 4) is 5.75 Å². The molecule has 2 amide bonds. The highest BCUT2D eigenvalue weighted by Crippen LogP contribution is 2.17. The number of guanidine groups is 1. The number of hydrogen-bond donors (Lipinski definition) is 3. The average molecular weight is 323 g/mol. The zero-order chi connectivity index (χ0) is 17.5. The summed E-state index contributed by atoms with van der Waals surface area (Å²) in [6, 6.07) is 6.48. The third-order valence-electron chi connectivity index (χ3n) is 2.33. The first-order valence-electron chi connectivity index (χ1n) is 6.83. The molecule has 3 N–H and O–H groups in total. The predicted octanol–water partition coefficient (Wildman–Crippen LogP) is 1.86. The van der Waals surface area contributed by atoms with Crippen LogP contribution in [0.15, 0.2) is 24.3 Å². The standard InChI is InChI=1S/C15H21N3O5/c1-15(2,3)23-14(20)18-13(16)17-12(19)10-7-5-6-8-11(10)22-9-21-4/h5-8H,9H2,1-4H3,(H3,16,17,18,19,20). The Labute approximate surface area is 134 Å². The summed E-state index contributed by atoms with van der Waals surface area (Å²) in [6.45, 7) is 5.06. The smallest absolute Gasteiger partial charge is 0.414 e. The van der Waals surface area contributed by atoms with Crippen LogP contribution >= 0.6 is 0 Å². The van der Waals surface area contributed by atoms with Crippen LogP contribution in [-0.2, 0) is 9.47 Å². The number of hydrogen-bond acceptors (Lipinski definition) is 6. The molecule has 0 bridgehead atoms. The van der Waals surface area contributed by atoms with Gasteiger partial charge in [-0.1, -0.05) is 12.1 Å². The van der Waals surface area contributed by atoms with Crippen molar-refractivity contribution in [3.63, 3.8) is 0 Å². The Kier molecular flexibility index (Phi) is 6.52. The lowest BCUT2D eigenvalue weighted by molar-refractivity contribution is 0.0502. The largest absolute Gasteiger partial charge is 0.467 e. The van der Waals surface area contributed by atoms with E-state index in [9.17, 15) is 9.59 Å². The van der Waals surface area contributed by atoms with Crippen LogP contribution < -0.4 is 15.4 Å². The van der Waals surface area contributed by atoms with Crippen molar-refractivity contribution in [3.05, 3.63) is 29.8 Å². The van der Waals surface area contributed by atoms with Crippen LogP contribution in [0, 0.1) is 5.41 Å². The fourth-order valence-electron chi connectivity index (χ4n) is 1.52. The number of ether oxygens (including phenoxy) is 3. The number of carbonyl (C=O) groups excluding carboxylic acids is 2. The van der Waals surface area contributed by atoms with E-state index < -0.39 is 23.6 Å². The minimum absolute atomic E-state index is 0.0160. The highest BCUT2D eigenvalue weighted by molar-refractivity contribution is 6.09. The van der Waals surface area contributed by atoms with Crippen molar-refractivity contribution in [2.24, 2.45) is 0 Å². The third kappa shape index (κ3) is 6.79. The van der Waals surface area contributed by atoms with E-state index in [4.69, 9.17) is 19.6 Å². The number of alkyl carbamates (subject to hydrolysis) is 1. The van der Waals surface area contributed by atoms with Gasteiger partial charge in [-0.3, -0.25) is 20.8 Å². The molecule has 1 aromatic rings. The fourth-order valence-corrected chi connectivity index (χ4v) is 1.52. The van der Waals surface area contributed by atoms with Gasteiger partial charge >= 0.3 is 6.09 Å². The number of para-hydroxylation sites is 1. The first kappa shape index (κ1) is 18.4. The van der Waals surface area contributed by atoms with E-state index in [1.54, 1.807) is 39.0 Å².